The summed E-state index contributed by atoms with van der Waals surface area (Å²) < 4.78 is 10.4. The van der Waals surface area contributed by atoms with Crippen LogP contribution in [0.25, 0.3) is 0 Å². The van der Waals surface area contributed by atoms with Gasteiger partial charge in [-0.15, -0.1) is 0 Å². The molecule has 0 radical (unpaired) electrons. The van der Waals surface area contributed by atoms with E-state index in [1.165, 1.54) is 0 Å². The summed E-state index contributed by atoms with van der Waals surface area (Å²) in [5.41, 5.74) is 0. The lowest BCUT2D eigenvalue weighted by Crippen LogP contribution is -2.26. The maximum Gasteiger partial charge on any atom is 0.216 e. The summed E-state index contributed by atoms with van der Waals surface area (Å²) in [6.07, 6.45) is 0.876. The molecule has 0 bridgehead atoms. The van der Waals surface area contributed by atoms with E-state index in [9.17, 15) is 0 Å². The molecule has 1 unspecified atom stereocenters. The number of rotatable bonds is 4. The average molecular weight is 210 g/mol. The Morgan fingerprint density at radius 1 is 1.70 bits per heavy atom. The number of hydrogen-bond donors (Lipinski definition) is 1. The highest BCUT2D eigenvalue weighted by Crippen LogP contribution is 1.98. The van der Waals surface area contributed by atoms with Gasteiger partial charge in [-0.2, -0.15) is 0 Å². The Bertz CT molecular complexity index is 85.8. The fourth-order valence-corrected chi connectivity index (χ4v) is 0.983. The van der Waals surface area contributed by atoms with Gasteiger partial charge in [0.05, 0.1) is 13.2 Å². The van der Waals surface area contributed by atoms with Crippen LogP contribution in [0.4, 0.5) is 0 Å². The molecule has 0 aromatic carbocycles. The molecule has 1 rings (SSSR count). The highest BCUT2D eigenvalue weighted by Gasteiger charge is 2.13. The summed E-state index contributed by atoms with van der Waals surface area (Å²) in [4.78, 5) is 0. The molecule has 1 atom stereocenters. The molecule has 0 aliphatic carbocycles. The molecule has 1 aliphatic rings. The van der Waals surface area contributed by atoms with Gasteiger partial charge in [0.1, 0.15) is 0 Å². The summed E-state index contributed by atoms with van der Waals surface area (Å²) in [5.74, 6) is 0. The van der Waals surface area contributed by atoms with Crippen LogP contribution in [0.2, 0.25) is 0 Å². The molecular formula is C6H12BrNO2. The van der Waals surface area contributed by atoms with E-state index < -0.39 is 0 Å². The fourth-order valence-electron chi connectivity index (χ4n) is 0.754. The first-order valence-corrected chi connectivity index (χ1v) is 4.58. The molecule has 10 heavy (non-hydrogen) atoms. The van der Waals surface area contributed by atoms with Gasteiger partial charge in [0.2, 0.25) is 6.41 Å². The van der Waals surface area contributed by atoms with Crippen molar-refractivity contribution in [2.45, 2.75) is 12.8 Å². The predicted molar refractivity (Wildman–Crippen MR) is 42.1 cm³/mol. The molecule has 1 heterocycles. The molecule has 60 valence electrons. The maximum absolute atomic E-state index is 5.28. The van der Waals surface area contributed by atoms with E-state index in [2.05, 4.69) is 21.2 Å². The minimum Gasteiger partial charge on any atom is -0.340 e. The van der Waals surface area contributed by atoms with Crippen LogP contribution in [0.1, 0.15) is 6.42 Å². The van der Waals surface area contributed by atoms with Crippen LogP contribution in [0.5, 0.6) is 0 Å². The van der Waals surface area contributed by atoms with E-state index in [4.69, 9.17) is 9.47 Å². The van der Waals surface area contributed by atoms with Crippen LogP contribution in [-0.2, 0) is 9.47 Å². The lowest BCUT2D eigenvalue weighted by molar-refractivity contribution is -0.122. The van der Waals surface area contributed by atoms with Crippen LogP contribution in [-0.4, -0.2) is 31.5 Å². The summed E-state index contributed by atoms with van der Waals surface area (Å²) >= 11 is 3.32. The minimum absolute atomic E-state index is 0.154. The Labute approximate surface area is 69.2 Å². The van der Waals surface area contributed by atoms with Gasteiger partial charge in [-0.3, -0.25) is 5.32 Å². The number of ether oxygens (including phenoxy) is 2. The molecule has 1 aliphatic heterocycles. The first-order chi connectivity index (χ1) is 4.93. The Hall–Kier alpha value is 0.360. The quantitative estimate of drug-likeness (QED) is 0.547. The van der Waals surface area contributed by atoms with E-state index in [-0.39, 0.29) is 6.41 Å². The van der Waals surface area contributed by atoms with Crippen molar-refractivity contribution in [1.29, 1.82) is 0 Å². The molecule has 1 N–H and O–H groups in total. The van der Waals surface area contributed by atoms with Gasteiger partial charge in [0.15, 0.2) is 0 Å². The second-order valence-electron chi connectivity index (χ2n) is 2.07. The third kappa shape index (κ3) is 2.96. The highest BCUT2D eigenvalue weighted by atomic mass is 79.9. The first kappa shape index (κ1) is 8.46. The lowest BCUT2D eigenvalue weighted by Gasteiger charge is -2.09. The van der Waals surface area contributed by atoms with Crippen molar-refractivity contribution in [2.24, 2.45) is 0 Å². The van der Waals surface area contributed by atoms with E-state index in [1.807, 2.05) is 0 Å². The van der Waals surface area contributed by atoms with Gasteiger partial charge in [-0.25, -0.2) is 0 Å². The molecule has 0 saturated carbocycles. The van der Waals surface area contributed by atoms with Gasteiger partial charge in [-0.05, 0) is 6.42 Å². The molecular weight excluding hydrogens is 198 g/mol. The Kier molecular flexibility index (Phi) is 4.29. The summed E-state index contributed by atoms with van der Waals surface area (Å²) in [6.45, 7) is 2.42. The lowest BCUT2D eigenvalue weighted by atomic mass is 10.5. The second-order valence-corrected chi connectivity index (χ2v) is 2.86. The van der Waals surface area contributed by atoms with E-state index in [0.717, 1.165) is 31.5 Å². The third-order valence-electron chi connectivity index (χ3n) is 1.23. The van der Waals surface area contributed by atoms with Crippen LogP contribution in [0.3, 0.4) is 0 Å². The topological polar surface area (TPSA) is 30.5 Å². The Balaban J connectivity index is 1.91. The van der Waals surface area contributed by atoms with Crippen molar-refractivity contribution in [3.63, 3.8) is 0 Å². The van der Waals surface area contributed by atoms with Crippen molar-refractivity contribution in [3.05, 3.63) is 0 Å². The van der Waals surface area contributed by atoms with Gasteiger partial charge in [0, 0.05) is 11.9 Å². The standard InChI is InChI=1S/C6H12BrNO2/c7-2-1-4-9-6-8-3-5-10-6/h6,8H,1-5H2. The van der Waals surface area contributed by atoms with Crippen molar-refractivity contribution in [3.8, 4) is 0 Å². The highest BCUT2D eigenvalue weighted by molar-refractivity contribution is 9.09. The van der Waals surface area contributed by atoms with Gasteiger partial charge >= 0.3 is 0 Å². The predicted octanol–water partition coefficient (Wildman–Crippen LogP) is 0.691. The summed E-state index contributed by atoms with van der Waals surface area (Å²) in [7, 11) is 0. The molecule has 0 aromatic rings. The number of halogens is 1. The van der Waals surface area contributed by atoms with E-state index >= 15 is 0 Å². The molecule has 1 fully saturated rings. The minimum atomic E-state index is -0.154. The first-order valence-electron chi connectivity index (χ1n) is 3.46. The third-order valence-corrected chi connectivity index (χ3v) is 1.79. The van der Waals surface area contributed by atoms with Crippen LogP contribution < -0.4 is 5.32 Å². The number of alkyl halides is 1. The van der Waals surface area contributed by atoms with Crippen LogP contribution in [0, 0.1) is 0 Å². The number of hydrogen-bond acceptors (Lipinski definition) is 3. The van der Waals surface area contributed by atoms with Crippen LogP contribution in [0.15, 0.2) is 0 Å². The Morgan fingerprint density at radius 3 is 3.20 bits per heavy atom. The normalized spacial score (nSPS) is 25.5. The largest absolute Gasteiger partial charge is 0.340 e. The molecule has 0 amide bonds. The van der Waals surface area contributed by atoms with E-state index in [1.54, 1.807) is 0 Å². The monoisotopic (exact) mass is 209 g/mol. The molecule has 3 nitrogen and oxygen atoms in total. The maximum atomic E-state index is 5.28. The Morgan fingerprint density at radius 2 is 2.60 bits per heavy atom. The second kappa shape index (κ2) is 5.07. The van der Waals surface area contributed by atoms with Crippen molar-refractivity contribution >= 4 is 15.9 Å². The average Bonchev–Trinajstić information content (AvgIpc) is 2.41. The SMILES string of the molecule is BrCCCOC1NCCO1. The van der Waals surface area contributed by atoms with Gasteiger partial charge in [-0.1, -0.05) is 15.9 Å². The zero-order valence-electron chi connectivity index (χ0n) is 5.81. The molecule has 0 spiro atoms. The fraction of sp³-hybridized carbons (Fsp3) is 1.00. The summed E-state index contributed by atoms with van der Waals surface area (Å²) in [5, 5.41) is 4.04. The van der Waals surface area contributed by atoms with Crippen molar-refractivity contribution in [1.82, 2.24) is 5.32 Å². The zero-order valence-corrected chi connectivity index (χ0v) is 7.39. The van der Waals surface area contributed by atoms with Gasteiger partial charge < -0.3 is 9.47 Å². The zero-order chi connectivity index (χ0) is 7.23. The van der Waals surface area contributed by atoms with E-state index in [0.29, 0.717) is 0 Å². The number of nitrogens with one attached hydrogen (secondary N) is 1. The summed E-state index contributed by atoms with van der Waals surface area (Å²) in [6, 6.07) is 0. The van der Waals surface area contributed by atoms with Crippen molar-refractivity contribution in [2.75, 3.05) is 25.1 Å². The molecule has 4 heteroatoms. The van der Waals surface area contributed by atoms with Crippen molar-refractivity contribution < 1.29 is 9.47 Å². The van der Waals surface area contributed by atoms with Gasteiger partial charge in [0.25, 0.3) is 0 Å². The molecule has 0 aromatic heterocycles. The molecule has 1 saturated heterocycles. The smallest absolute Gasteiger partial charge is 0.216 e. The van der Waals surface area contributed by atoms with Crippen LogP contribution >= 0.6 is 15.9 Å².